The normalized spacial score (nSPS) is 9.95. The molecule has 0 saturated heterocycles. The average Bonchev–Trinajstić information content (AvgIpc) is 2.46. The third-order valence-electron chi connectivity index (χ3n) is 3.20. The summed E-state index contributed by atoms with van der Waals surface area (Å²) in [5, 5.41) is 21.1. The maximum absolute atomic E-state index is 9.69. The van der Waals surface area contributed by atoms with Crippen molar-refractivity contribution in [3.63, 3.8) is 0 Å². The zero-order valence-corrected chi connectivity index (χ0v) is 12.7. The number of phenols is 2. The lowest BCUT2D eigenvalue weighted by Gasteiger charge is -2.06. The number of rotatable bonds is 6. The molecule has 2 rings (SSSR count). The van der Waals surface area contributed by atoms with Gasteiger partial charge in [-0.15, -0.1) is 0 Å². The standard InChI is InChI=1S/C16H19NO3.ClH/c1-20-16-7-4-13(10-15(16)19)11-17-9-8-12-2-5-14(18)6-3-12;/h2-7,10,17-19H,8-9,11H2,1H3;1H. The summed E-state index contributed by atoms with van der Waals surface area (Å²) in [4.78, 5) is 0. The topological polar surface area (TPSA) is 66.3 Å². The second-order valence-electron chi connectivity index (χ2n) is 4.70. The van der Waals surface area contributed by atoms with Gasteiger partial charge in [-0.2, -0.15) is 0 Å². The lowest BCUT2D eigenvalue weighted by molar-refractivity contribution is -0.670. The van der Waals surface area contributed by atoms with E-state index in [1.165, 1.54) is 5.56 Å². The Hall–Kier alpha value is -1.91. The third-order valence-corrected chi connectivity index (χ3v) is 3.20. The van der Waals surface area contributed by atoms with Gasteiger partial charge in [-0.1, -0.05) is 12.1 Å². The van der Waals surface area contributed by atoms with Crippen LogP contribution in [-0.2, 0) is 13.0 Å². The second kappa shape index (κ2) is 8.39. The highest BCUT2D eigenvalue weighted by atomic mass is 35.5. The number of benzene rings is 2. The molecule has 0 atom stereocenters. The van der Waals surface area contributed by atoms with E-state index < -0.39 is 0 Å². The molecule has 0 radical (unpaired) electrons. The Morgan fingerprint density at radius 2 is 1.67 bits per heavy atom. The van der Waals surface area contributed by atoms with Crippen molar-refractivity contribution < 1.29 is 32.7 Å². The Bertz CT molecular complexity index is 558. The quantitative estimate of drug-likeness (QED) is 0.564. The number of hydrogen-bond acceptors (Lipinski definition) is 3. The molecule has 2 aromatic carbocycles. The van der Waals surface area contributed by atoms with Gasteiger partial charge in [0.1, 0.15) is 12.3 Å². The van der Waals surface area contributed by atoms with Crippen LogP contribution in [0, 0.1) is 0 Å². The van der Waals surface area contributed by atoms with Crippen LogP contribution in [0.15, 0.2) is 42.5 Å². The van der Waals surface area contributed by atoms with Crippen LogP contribution in [0.25, 0.3) is 0 Å². The summed E-state index contributed by atoms with van der Waals surface area (Å²) < 4.78 is 5.01. The first-order chi connectivity index (χ1) is 9.69. The van der Waals surface area contributed by atoms with Gasteiger partial charge < -0.3 is 32.7 Å². The van der Waals surface area contributed by atoms with Gasteiger partial charge in [-0.25, -0.2) is 0 Å². The summed E-state index contributed by atoms with van der Waals surface area (Å²) in [6.07, 6.45) is 0.947. The van der Waals surface area contributed by atoms with Crippen molar-refractivity contribution in [2.24, 2.45) is 0 Å². The van der Waals surface area contributed by atoms with E-state index >= 15 is 0 Å². The van der Waals surface area contributed by atoms with Crippen LogP contribution >= 0.6 is 0 Å². The number of ether oxygens (including phenoxy) is 1. The van der Waals surface area contributed by atoms with Gasteiger partial charge in [-0.05, 0) is 35.9 Å². The van der Waals surface area contributed by atoms with Gasteiger partial charge in [-0.3, -0.25) is 0 Å². The van der Waals surface area contributed by atoms with Crippen molar-refractivity contribution in [1.82, 2.24) is 0 Å². The SMILES string of the molecule is COc1ccc(C[NH2+]CCc2ccc(O)cc2)cc1O.[Cl-]. The molecule has 4 N–H and O–H groups in total. The molecule has 21 heavy (non-hydrogen) atoms. The van der Waals surface area contributed by atoms with Crippen LogP contribution in [0.1, 0.15) is 11.1 Å². The molecule has 4 nitrogen and oxygen atoms in total. The summed E-state index contributed by atoms with van der Waals surface area (Å²) >= 11 is 0. The second-order valence-corrected chi connectivity index (χ2v) is 4.70. The van der Waals surface area contributed by atoms with Gasteiger partial charge in [0.2, 0.25) is 0 Å². The van der Waals surface area contributed by atoms with E-state index in [4.69, 9.17) is 4.74 Å². The van der Waals surface area contributed by atoms with Crippen molar-refractivity contribution in [2.45, 2.75) is 13.0 Å². The summed E-state index contributed by atoms with van der Waals surface area (Å²) in [6.45, 7) is 1.77. The van der Waals surface area contributed by atoms with E-state index in [1.54, 1.807) is 31.4 Å². The van der Waals surface area contributed by atoms with E-state index in [0.717, 1.165) is 25.1 Å². The minimum Gasteiger partial charge on any atom is -1.00 e. The number of halogens is 1. The van der Waals surface area contributed by atoms with Gasteiger partial charge in [0, 0.05) is 12.0 Å². The first-order valence-corrected chi connectivity index (χ1v) is 6.64. The van der Waals surface area contributed by atoms with Crippen LogP contribution in [0.4, 0.5) is 0 Å². The monoisotopic (exact) mass is 309 g/mol. The maximum Gasteiger partial charge on any atom is 0.160 e. The fourth-order valence-corrected chi connectivity index (χ4v) is 2.06. The molecule has 0 spiro atoms. The van der Waals surface area contributed by atoms with Crippen LogP contribution in [0.5, 0.6) is 17.2 Å². The highest BCUT2D eigenvalue weighted by Crippen LogP contribution is 2.25. The molecule has 0 amide bonds. The first-order valence-electron chi connectivity index (χ1n) is 6.64. The molecule has 0 bridgehead atoms. The van der Waals surface area contributed by atoms with E-state index in [2.05, 4.69) is 5.32 Å². The summed E-state index contributed by atoms with van der Waals surface area (Å²) in [6, 6.07) is 12.7. The van der Waals surface area contributed by atoms with Gasteiger partial charge in [0.05, 0.1) is 13.7 Å². The largest absolute Gasteiger partial charge is 1.00 e. The molecule has 0 aromatic heterocycles. The maximum atomic E-state index is 9.69. The molecular weight excluding hydrogens is 290 g/mol. The Kier molecular flexibility index (Phi) is 6.85. The number of aromatic hydroxyl groups is 2. The van der Waals surface area contributed by atoms with Gasteiger partial charge in [0.15, 0.2) is 11.5 Å². The van der Waals surface area contributed by atoms with E-state index in [1.807, 2.05) is 18.2 Å². The van der Waals surface area contributed by atoms with Crippen LogP contribution < -0.4 is 22.5 Å². The molecule has 0 aliphatic carbocycles. The Labute approximate surface area is 130 Å². The molecule has 0 heterocycles. The Morgan fingerprint density at radius 3 is 2.29 bits per heavy atom. The van der Waals surface area contributed by atoms with Crippen molar-refractivity contribution >= 4 is 0 Å². The molecule has 0 aliphatic rings. The van der Waals surface area contributed by atoms with Crippen LogP contribution in [-0.4, -0.2) is 23.9 Å². The van der Waals surface area contributed by atoms with Crippen molar-refractivity contribution in [1.29, 1.82) is 0 Å². The van der Waals surface area contributed by atoms with Crippen LogP contribution in [0.3, 0.4) is 0 Å². The molecule has 0 aliphatic heterocycles. The minimum atomic E-state index is 0. The van der Waals surface area contributed by atoms with Crippen LogP contribution in [0.2, 0.25) is 0 Å². The third kappa shape index (κ3) is 5.17. The van der Waals surface area contributed by atoms with Gasteiger partial charge in [0.25, 0.3) is 0 Å². The van der Waals surface area contributed by atoms with E-state index in [0.29, 0.717) is 11.5 Å². The van der Waals surface area contributed by atoms with Crippen molar-refractivity contribution in [3.05, 3.63) is 53.6 Å². The lowest BCUT2D eigenvalue weighted by Crippen LogP contribution is -3.00. The van der Waals surface area contributed by atoms with Crippen molar-refractivity contribution in [3.8, 4) is 17.2 Å². The molecule has 5 heteroatoms. The van der Waals surface area contributed by atoms with Gasteiger partial charge >= 0.3 is 0 Å². The fourth-order valence-electron chi connectivity index (χ4n) is 2.06. The number of quaternary nitrogens is 1. The number of nitrogens with two attached hydrogens (primary N) is 1. The summed E-state index contributed by atoms with van der Waals surface area (Å²) in [5.41, 5.74) is 2.27. The lowest BCUT2D eigenvalue weighted by atomic mass is 10.1. The highest BCUT2D eigenvalue weighted by Gasteiger charge is 2.03. The number of methoxy groups -OCH3 is 1. The number of phenolic OH excluding ortho intramolecular Hbond substituents is 2. The van der Waals surface area contributed by atoms with Crippen molar-refractivity contribution in [2.75, 3.05) is 13.7 Å². The van der Waals surface area contributed by atoms with E-state index in [-0.39, 0.29) is 18.2 Å². The smallest absolute Gasteiger partial charge is 0.160 e. The molecule has 114 valence electrons. The summed E-state index contributed by atoms with van der Waals surface area (Å²) in [5.74, 6) is 0.973. The fraction of sp³-hybridized carbons (Fsp3) is 0.250. The predicted octanol–water partition coefficient (Wildman–Crippen LogP) is -1.58. The van der Waals surface area contributed by atoms with E-state index in [9.17, 15) is 10.2 Å². The first kappa shape index (κ1) is 17.1. The Morgan fingerprint density at radius 1 is 1.00 bits per heavy atom. The predicted molar refractivity (Wildman–Crippen MR) is 77.0 cm³/mol. The minimum absolute atomic E-state index is 0. The molecule has 0 unspecified atom stereocenters. The number of hydrogen-bond donors (Lipinski definition) is 3. The molecular formula is C16H20ClNO3. The average molecular weight is 310 g/mol. The molecule has 2 aromatic rings. The summed E-state index contributed by atoms with van der Waals surface area (Å²) in [7, 11) is 1.54. The molecule has 0 fully saturated rings. The highest BCUT2D eigenvalue weighted by molar-refractivity contribution is 5.41. The molecule has 0 saturated carbocycles. The zero-order chi connectivity index (χ0) is 14.4. The zero-order valence-electron chi connectivity index (χ0n) is 11.9. The Balaban J connectivity index is 0.00000220.